The Balaban J connectivity index is 1.96. The summed E-state index contributed by atoms with van der Waals surface area (Å²) in [5, 5.41) is 3.43. The molecular weight excluding hydrogens is 214 g/mol. The molecule has 0 saturated carbocycles. The predicted molar refractivity (Wildman–Crippen MR) is 68.2 cm³/mol. The first-order valence-corrected chi connectivity index (χ1v) is 6.21. The van der Waals surface area contributed by atoms with Crippen molar-refractivity contribution in [3.8, 4) is 0 Å². The van der Waals surface area contributed by atoms with Gasteiger partial charge in [-0.1, -0.05) is 6.92 Å². The highest BCUT2D eigenvalue weighted by Crippen LogP contribution is 2.29. The third-order valence-electron chi connectivity index (χ3n) is 3.36. The molecule has 4 heteroatoms. The van der Waals surface area contributed by atoms with Crippen molar-refractivity contribution in [1.29, 1.82) is 0 Å². The third kappa shape index (κ3) is 3.40. The first-order chi connectivity index (χ1) is 8.07. The molecular formula is C13H21N3O. The second-order valence-corrected chi connectivity index (χ2v) is 5.22. The van der Waals surface area contributed by atoms with Crippen molar-refractivity contribution in [3.63, 3.8) is 0 Å². The average molecular weight is 235 g/mol. The van der Waals surface area contributed by atoms with Gasteiger partial charge in [-0.3, -0.25) is 0 Å². The fraction of sp³-hybridized carbons (Fsp3) is 0.692. The molecule has 1 aliphatic heterocycles. The summed E-state index contributed by atoms with van der Waals surface area (Å²) in [6.45, 7) is 8.93. The predicted octanol–water partition coefficient (Wildman–Crippen LogP) is 2.32. The first-order valence-electron chi connectivity index (χ1n) is 6.21. The van der Waals surface area contributed by atoms with Gasteiger partial charge in [0.25, 0.3) is 0 Å². The minimum Gasteiger partial charge on any atom is -0.381 e. The van der Waals surface area contributed by atoms with Gasteiger partial charge in [0, 0.05) is 31.5 Å². The number of hydrogen-bond donors (Lipinski definition) is 1. The van der Waals surface area contributed by atoms with E-state index in [4.69, 9.17) is 4.74 Å². The number of aromatic nitrogens is 2. The molecule has 1 saturated heterocycles. The molecule has 0 amide bonds. The van der Waals surface area contributed by atoms with Crippen molar-refractivity contribution in [2.24, 2.45) is 5.41 Å². The van der Waals surface area contributed by atoms with Crippen LogP contribution in [0.25, 0.3) is 0 Å². The molecule has 1 aromatic rings. The molecule has 0 spiro atoms. The van der Waals surface area contributed by atoms with Gasteiger partial charge in [-0.25, -0.2) is 9.97 Å². The Morgan fingerprint density at radius 2 is 2.00 bits per heavy atom. The maximum atomic E-state index is 5.40. The molecule has 1 N–H and O–H groups in total. The summed E-state index contributed by atoms with van der Waals surface area (Å²) < 4.78 is 5.40. The lowest BCUT2D eigenvalue weighted by molar-refractivity contribution is 0.0299. The van der Waals surface area contributed by atoms with Crippen LogP contribution in [0.3, 0.4) is 0 Å². The number of ether oxygens (including phenoxy) is 1. The van der Waals surface area contributed by atoms with Gasteiger partial charge in [-0.05, 0) is 32.1 Å². The SMILES string of the molecule is Cc1cc(NCC2(C)CCOCC2)nc(C)n1. The molecule has 1 fully saturated rings. The first kappa shape index (κ1) is 12.3. The summed E-state index contributed by atoms with van der Waals surface area (Å²) >= 11 is 0. The topological polar surface area (TPSA) is 47.0 Å². The van der Waals surface area contributed by atoms with Gasteiger partial charge in [0.15, 0.2) is 0 Å². The highest BCUT2D eigenvalue weighted by atomic mass is 16.5. The van der Waals surface area contributed by atoms with Gasteiger partial charge in [0.05, 0.1) is 0 Å². The lowest BCUT2D eigenvalue weighted by Crippen LogP contribution is -2.33. The van der Waals surface area contributed by atoms with Gasteiger partial charge in [-0.2, -0.15) is 0 Å². The van der Waals surface area contributed by atoms with E-state index in [9.17, 15) is 0 Å². The number of nitrogens with one attached hydrogen (secondary N) is 1. The summed E-state index contributed by atoms with van der Waals surface area (Å²) in [5.74, 6) is 1.76. The van der Waals surface area contributed by atoms with Crippen molar-refractivity contribution in [3.05, 3.63) is 17.6 Å². The van der Waals surface area contributed by atoms with E-state index in [1.165, 1.54) is 0 Å². The molecule has 4 nitrogen and oxygen atoms in total. The molecule has 2 heterocycles. The Kier molecular flexibility index (Phi) is 3.62. The second-order valence-electron chi connectivity index (χ2n) is 5.22. The van der Waals surface area contributed by atoms with Gasteiger partial charge in [0.1, 0.15) is 11.6 Å². The van der Waals surface area contributed by atoms with Gasteiger partial charge >= 0.3 is 0 Å². The zero-order chi connectivity index (χ0) is 12.3. The molecule has 0 atom stereocenters. The molecule has 17 heavy (non-hydrogen) atoms. The van der Waals surface area contributed by atoms with E-state index in [1.54, 1.807) is 0 Å². The van der Waals surface area contributed by atoms with Crippen LogP contribution in [-0.4, -0.2) is 29.7 Å². The lowest BCUT2D eigenvalue weighted by Gasteiger charge is -2.33. The summed E-state index contributed by atoms with van der Waals surface area (Å²) in [7, 11) is 0. The van der Waals surface area contributed by atoms with Crippen LogP contribution >= 0.6 is 0 Å². The molecule has 0 unspecified atom stereocenters. The van der Waals surface area contributed by atoms with Crippen molar-refractivity contribution in [2.75, 3.05) is 25.1 Å². The van der Waals surface area contributed by atoms with E-state index in [-0.39, 0.29) is 0 Å². The third-order valence-corrected chi connectivity index (χ3v) is 3.36. The number of anilines is 1. The van der Waals surface area contributed by atoms with Crippen LogP contribution in [-0.2, 0) is 4.74 Å². The van der Waals surface area contributed by atoms with Crippen LogP contribution in [0.2, 0.25) is 0 Å². The maximum absolute atomic E-state index is 5.40. The monoisotopic (exact) mass is 235 g/mol. The van der Waals surface area contributed by atoms with Crippen LogP contribution in [0.15, 0.2) is 6.07 Å². The maximum Gasteiger partial charge on any atom is 0.129 e. The van der Waals surface area contributed by atoms with Crippen LogP contribution in [0.5, 0.6) is 0 Å². The molecule has 0 radical (unpaired) electrons. The van der Waals surface area contributed by atoms with E-state index < -0.39 is 0 Å². The molecule has 2 rings (SSSR count). The molecule has 1 aliphatic rings. The summed E-state index contributed by atoms with van der Waals surface area (Å²) in [6, 6.07) is 2.00. The van der Waals surface area contributed by atoms with Crippen LogP contribution < -0.4 is 5.32 Å². The van der Waals surface area contributed by atoms with E-state index >= 15 is 0 Å². The fourth-order valence-electron chi connectivity index (χ4n) is 2.15. The van der Waals surface area contributed by atoms with E-state index in [1.807, 2.05) is 19.9 Å². The van der Waals surface area contributed by atoms with E-state index in [0.717, 1.165) is 49.9 Å². The second kappa shape index (κ2) is 5.00. The van der Waals surface area contributed by atoms with Gasteiger partial charge in [0.2, 0.25) is 0 Å². The Labute approximate surface area is 103 Å². The number of rotatable bonds is 3. The number of nitrogens with zero attached hydrogens (tertiary/aromatic N) is 2. The number of aryl methyl sites for hydroxylation is 2. The molecule has 94 valence electrons. The molecule has 0 aliphatic carbocycles. The summed E-state index contributed by atoms with van der Waals surface area (Å²) in [5.41, 5.74) is 1.34. The largest absolute Gasteiger partial charge is 0.381 e. The van der Waals surface area contributed by atoms with Crippen molar-refractivity contribution in [1.82, 2.24) is 9.97 Å². The van der Waals surface area contributed by atoms with Crippen molar-refractivity contribution >= 4 is 5.82 Å². The van der Waals surface area contributed by atoms with Crippen LogP contribution in [0, 0.1) is 19.3 Å². The standard InChI is InChI=1S/C13H21N3O/c1-10-8-12(16-11(2)15-10)14-9-13(3)4-6-17-7-5-13/h8H,4-7,9H2,1-3H3,(H,14,15,16). The average Bonchev–Trinajstić information content (AvgIpc) is 2.26. The van der Waals surface area contributed by atoms with Crippen molar-refractivity contribution < 1.29 is 4.74 Å². The zero-order valence-corrected chi connectivity index (χ0v) is 10.9. The minimum absolute atomic E-state index is 0.324. The summed E-state index contributed by atoms with van der Waals surface area (Å²) in [4.78, 5) is 8.67. The smallest absolute Gasteiger partial charge is 0.129 e. The minimum atomic E-state index is 0.324. The zero-order valence-electron chi connectivity index (χ0n) is 10.9. The van der Waals surface area contributed by atoms with Crippen LogP contribution in [0.4, 0.5) is 5.82 Å². The highest BCUT2D eigenvalue weighted by molar-refractivity contribution is 5.35. The Hall–Kier alpha value is -1.16. The Bertz CT molecular complexity index is 366. The molecule has 1 aromatic heterocycles. The molecule has 0 bridgehead atoms. The van der Waals surface area contributed by atoms with Gasteiger partial charge < -0.3 is 10.1 Å². The number of hydrogen-bond acceptors (Lipinski definition) is 4. The Morgan fingerprint density at radius 1 is 1.29 bits per heavy atom. The lowest BCUT2D eigenvalue weighted by atomic mass is 9.82. The fourth-order valence-corrected chi connectivity index (χ4v) is 2.15. The molecule has 0 aromatic carbocycles. The Morgan fingerprint density at radius 3 is 2.65 bits per heavy atom. The van der Waals surface area contributed by atoms with Crippen molar-refractivity contribution in [2.45, 2.75) is 33.6 Å². The van der Waals surface area contributed by atoms with Gasteiger partial charge in [-0.15, -0.1) is 0 Å². The quantitative estimate of drug-likeness (QED) is 0.873. The normalized spacial score (nSPS) is 19.0. The highest BCUT2D eigenvalue weighted by Gasteiger charge is 2.27. The van der Waals surface area contributed by atoms with E-state index in [0.29, 0.717) is 5.41 Å². The summed E-state index contributed by atoms with van der Waals surface area (Å²) in [6.07, 6.45) is 2.23. The van der Waals surface area contributed by atoms with Crippen LogP contribution in [0.1, 0.15) is 31.3 Å². The van der Waals surface area contributed by atoms with E-state index in [2.05, 4.69) is 22.2 Å².